The van der Waals surface area contributed by atoms with Gasteiger partial charge in [0.1, 0.15) is 24.2 Å². The summed E-state index contributed by atoms with van der Waals surface area (Å²) >= 11 is 6.30. The lowest BCUT2D eigenvalue weighted by Crippen LogP contribution is -2.53. The maximum absolute atomic E-state index is 14.3. The number of halogens is 2. The summed E-state index contributed by atoms with van der Waals surface area (Å²) in [5, 5.41) is 3.12. The second-order valence-corrected chi connectivity index (χ2v) is 12.5. The third-order valence-electron chi connectivity index (χ3n) is 7.28. The monoisotopic (exact) mass is 663 g/mol. The number of hydrogen-bond donors (Lipinski definition) is 1. The summed E-state index contributed by atoms with van der Waals surface area (Å²) in [4.78, 5) is 28.8. The molecule has 0 aromatic heterocycles. The van der Waals surface area contributed by atoms with E-state index in [1.54, 1.807) is 6.92 Å². The lowest BCUT2D eigenvalue weighted by Gasteiger charge is -2.34. The quantitative estimate of drug-likeness (QED) is 0.231. The predicted octanol–water partition coefficient (Wildman–Crippen LogP) is 5.42. The normalized spacial score (nSPS) is 12.5. The first-order chi connectivity index (χ1) is 21.4. The van der Waals surface area contributed by atoms with Crippen LogP contribution in [-0.2, 0) is 26.2 Å². The number of sulfonamides is 1. The van der Waals surface area contributed by atoms with Crippen molar-refractivity contribution in [3.05, 3.63) is 77.1 Å². The van der Waals surface area contributed by atoms with Gasteiger partial charge >= 0.3 is 0 Å². The highest BCUT2D eigenvalue weighted by molar-refractivity contribution is 7.92. The minimum atomic E-state index is -4.48. The largest absolute Gasteiger partial charge is 0.495 e. The van der Waals surface area contributed by atoms with Crippen molar-refractivity contribution in [1.29, 1.82) is 0 Å². The van der Waals surface area contributed by atoms with Crippen molar-refractivity contribution in [3.8, 4) is 17.2 Å². The molecule has 45 heavy (non-hydrogen) atoms. The van der Waals surface area contributed by atoms with Crippen LogP contribution in [0.5, 0.6) is 17.2 Å². The Hall–Kier alpha value is -4.03. The summed E-state index contributed by atoms with van der Waals surface area (Å²) in [6.07, 6.45) is 0.901. The van der Waals surface area contributed by atoms with Crippen molar-refractivity contribution < 1.29 is 36.6 Å². The number of rotatable bonds is 15. The van der Waals surface area contributed by atoms with Crippen molar-refractivity contribution in [1.82, 2.24) is 10.2 Å². The first-order valence-corrected chi connectivity index (χ1v) is 16.1. The topological polar surface area (TPSA) is 114 Å². The van der Waals surface area contributed by atoms with Crippen molar-refractivity contribution in [2.75, 3.05) is 32.2 Å². The van der Waals surface area contributed by atoms with Gasteiger partial charge in [-0.2, -0.15) is 0 Å². The van der Waals surface area contributed by atoms with Gasteiger partial charge in [-0.15, -0.1) is 0 Å². The Bertz CT molecular complexity index is 1590. The molecule has 3 aromatic rings. The average Bonchev–Trinajstić information content (AvgIpc) is 3.03. The number of carbonyl (C=O) groups is 2. The summed E-state index contributed by atoms with van der Waals surface area (Å²) in [7, 11) is -0.323. The molecule has 3 aromatic carbocycles. The molecule has 13 heteroatoms. The molecule has 2 atom stereocenters. The fourth-order valence-electron chi connectivity index (χ4n) is 4.62. The van der Waals surface area contributed by atoms with Crippen molar-refractivity contribution in [2.24, 2.45) is 0 Å². The van der Waals surface area contributed by atoms with Crippen molar-refractivity contribution in [2.45, 2.75) is 57.1 Å². The van der Waals surface area contributed by atoms with Gasteiger partial charge in [0.15, 0.2) is 11.5 Å². The summed E-state index contributed by atoms with van der Waals surface area (Å²) < 4.78 is 59.3. The number of ether oxygens (including phenoxy) is 3. The van der Waals surface area contributed by atoms with Gasteiger partial charge in [-0.25, -0.2) is 12.8 Å². The van der Waals surface area contributed by atoms with Gasteiger partial charge in [-0.3, -0.25) is 13.9 Å². The van der Waals surface area contributed by atoms with E-state index >= 15 is 0 Å². The fraction of sp³-hybridized carbons (Fsp3) is 0.375. The van der Waals surface area contributed by atoms with E-state index in [-0.39, 0.29) is 46.1 Å². The number of benzene rings is 3. The molecular formula is C32H39ClFN3O7S. The first kappa shape index (κ1) is 35.4. The molecular weight excluding hydrogens is 625 g/mol. The van der Waals surface area contributed by atoms with E-state index in [0.717, 1.165) is 4.31 Å². The number of hydrogen-bond acceptors (Lipinski definition) is 7. The number of methoxy groups -OCH3 is 3. The van der Waals surface area contributed by atoms with Crippen LogP contribution < -0.4 is 23.8 Å². The zero-order valence-electron chi connectivity index (χ0n) is 26.2. The van der Waals surface area contributed by atoms with Crippen molar-refractivity contribution >= 4 is 39.1 Å². The van der Waals surface area contributed by atoms with Crippen LogP contribution in [0.25, 0.3) is 0 Å². The van der Waals surface area contributed by atoms with Gasteiger partial charge in [-0.05, 0) is 67.8 Å². The standard InChI is InChI=1S/C32H39ClFN3O7S/c1-7-21(3)35-32(39)26(8-2)36(19-22-9-12-24(34)13-10-22)31(38)20-37(27-17-23(33)11-15-28(27)42-4)45(40,41)25-14-16-29(43-5)30(18-25)44-6/h9-18,21,26H,7-8,19-20H2,1-6H3,(H,35,39). The molecule has 0 aliphatic rings. The fourth-order valence-corrected chi connectivity index (χ4v) is 6.22. The highest BCUT2D eigenvalue weighted by Crippen LogP contribution is 2.37. The third-order valence-corrected chi connectivity index (χ3v) is 9.28. The van der Waals surface area contributed by atoms with E-state index in [1.165, 1.54) is 86.9 Å². The van der Waals surface area contributed by atoms with Gasteiger partial charge in [-0.1, -0.05) is 37.6 Å². The van der Waals surface area contributed by atoms with Gasteiger partial charge < -0.3 is 24.4 Å². The van der Waals surface area contributed by atoms with Gasteiger partial charge in [0.05, 0.1) is 31.9 Å². The molecule has 3 rings (SSSR count). The van der Waals surface area contributed by atoms with Crippen LogP contribution in [0, 0.1) is 5.82 Å². The minimum Gasteiger partial charge on any atom is -0.495 e. The van der Waals surface area contributed by atoms with E-state index in [2.05, 4.69) is 5.32 Å². The molecule has 10 nitrogen and oxygen atoms in total. The summed E-state index contributed by atoms with van der Waals surface area (Å²) in [6.45, 7) is 4.72. The Morgan fingerprint density at radius 2 is 1.51 bits per heavy atom. The van der Waals surface area contributed by atoms with Crippen LogP contribution >= 0.6 is 11.6 Å². The van der Waals surface area contributed by atoms with Crippen LogP contribution in [0.4, 0.5) is 10.1 Å². The Kier molecular flexibility index (Phi) is 12.5. The highest BCUT2D eigenvalue weighted by Gasteiger charge is 2.35. The summed E-state index contributed by atoms with van der Waals surface area (Å²) in [5.41, 5.74) is 0.557. The average molecular weight is 664 g/mol. The van der Waals surface area contributed by atoms with Crippen LogP contribution in [0.1, 0.15) is 39.2 Å². The molecule has 2 unspecified atom stereocenters. The van der Waals surface area contributed by atoms with Crippen LogP contribution in [0.2, 0.25) is 5.02 Å². The van der Waals surface area contributed by atoms with Crippen LogP contribution in [-0.4, -0.2) is 65.1 Å². The van der Waals surface area contributed by atoms with Gasteiger partial charge in [0, 0.05) is 23.7 Å². The number of nitrogens with zero attached hydrogens (tertiary/aromatic N) is 2. The number of anilines is 1. The second-order valence-electron chi connectivity index (χ2n) is 10.2. The number of carbonyl (C=O) groups excluding carboxylic acids is 2. The Labute approximate surface area is 269 Å². The summed E-state index contributed by atoms with van der Waals surface area (Å²) in [6, 6.07) is 12.9. The molecule has 1 N–H and O–H groups in total. The van der Waals surface area contributed by atoms with Crippen LogP contribution in [0.3, 0.4) is 0 Å². The van der Waals surface area contributed by atoms with Crippen LogP contribution in [0.15, 0.2) is 65.6 Å². The van der Waals surface area contributed by atoms with E-state index in [4.69, 9.17) is 25.8 Å². The smallest absolute Gasteiger partial charge is 0.265 e. The van der Waals surface area contributed by atoms with Gasteiger partial charge in [0.25, 0.3) is 10.0 Å². The number of nitrogens with one attached hydrogen (secondary N) is 1. The molecule has 0 aliphatic carbocycles. The number of amides is 2. The zero-order valence-corrected chi connectivity index (χ0v) is 27.7. The SMILES string of the molecule is CCC(C)NC(=O)C(CC)N(Cc1ccc(F)cc1)C(=O)CN(c1cc(Cl)ccc1OC)S(=O)(=O)c1ccc(OC)c(OC)c1. The van der Waals surface area contributed by atoms with Crippen molar-refractivity contribution in [3.63, 3.8) is 0 Å². The maximum Gasteiger partial charge on any atom is 0.265 e. The molecule has 0 radical (unpaired) electrons. The first-order valence-electron chi connectivity index (χ1n) is 14.3. The molecule has 0 saturated carbocycles. The van der Waals surface area contributed by atoms with Gasteiger partial charge in [0.2, 0.25) is 11.8 Å². The molecule has 0 saturated heterocycles. The molecule has 2 amide bonds. The lowest BCUT2D eigenvalue weighted by molar-refractivity contribution is -0.140. The Morgan fingerprint density at radius 3 is 2.09 bits per heavy atom. The second kappa shape index (κ2) is 15.8. The zero-order chi connectivity index (χ0) is 33.3. The molecule has 244 valence electrons. The minimum absolute atomic E-state index is 0.00646. The highest BCUT2D eigenvalue weighted by atomic mass is 35.5. The summed E-state index contributed by atoms with van der Waals surface area (Å²) in [5.74, 6) is -0.925. The molecule has 0 heterocycles. The van der Waals surface area contributed by atoms with E-state index in [9.17, 15) is 22.4 Å². The lowest BCUT2D eigenvalue weighted by atomic mass is 10.1. The molecule has 0 spiro atoms. The van der Waals surface area contributed by atoms with E-state index in [1.807, 2.05) is 13.8 Å². The predicted molar refractivity (Wildman–Crippen MR) is 171 cm³/mol. The molecule has 0 fully saturated rings. The maximum atomic E-state index is 14.3. The third kappa shape index (κ3) is 8.58. The Balaban J connectivity index is 2.17. The Morgan fingerprint density at radius 1 is 0.889 bits per heavy atom. The van der Waals surface area contributed by atoms with E-state index in [0.29, 0.717) is 17.7 Å². The molecule has 0 bridgehead atoms. The molecule has 0 aliphatic heterocycles. The van der Waals surface area contributed by atoms with E-state index < -0.39 is 40.2 Å².